The van der Waals surface area contributed by atoms with Crippen molar-refractivity contribution < 1.29 is 4.92 Å². The highest BCUT2D eigenvalue weighted by Crippen LogP contribution is 2.30. The SMILES string of the molecule is Cc1nc(Cl)c2c(n1)nc(C)n2-c1ccccc1[N+](=O)[O-]. The highest BCUT2D eigenvalue weighted by Gasteiger charge is 2.21. The lowest BCUT2D eigenvalue weighted by Crippen LogP contribution is -2.02. The van der Waals surface area contributed by atoms with Crippen LogP contribution in [0.5, 0.6) is 0 Å². The molecule has 106 valence electrons. The molecule has 0 N–H and O–H groups in total. The van der Waals surface area contributed by atoms with Crippen molar-refractivity contribution in [1.82, 2.24) is 19.5 Å². The van der Waals surface area contributed by atoms with Crippen LogP contribution in [0.4, 0.5) is 5.69 Å². The van der Waals surface area contributed by atoms with Gasteiger partial charge in [0.2, 0.25) is 0 Å². The molecule has 0 aliphatic rings. The van der Waals surface area contributed by atoms with Gasteiger partial charge in [-0.15, -0.1) is 0 Å². The van der Waals surface area contributed by atoms with E-state index in [4.69, 9.17) is 11.6 Å². The molecule has 0 atom stereocenters. The van der Waals surface area contributed by atoms with Crippen LogP contribution < -0.4 is 0 Å². The van der Waals surface area contributed by atoms with Crippen LogP contribution in [-0.2, 0) is 0 Å². The van der Waals surface area contributed by atoms with Gasteiger partial charge in [0.05, 0.1) is 4.92 Å². The monoisotopic (exact) mass is 303 g/mol. The van der Waals surface area contributed by atoms with Gasteiger partial charge < -0.3 is 0 Å². The summed E-state index contributed by atoms with van der Waals surface area (Å²) in [5, 5.41) is 11.4. The number of hydrogen-bond acceptors (Lipinski definition) is 5. The summed E-state index contributed by atoms with van der Waals surface area (Å²) in [5.74, 6) is 1.06. The van der Waals surface area contributed by atoms with Gasteiger partial charge in [-0.1, -0.05) is 23.7 Å². The first-order valence-corrected chi connectivity index (χ1v) is 6.50. The van der Waals surface area contributed by atoms with E-state index in [9.17, 15) is 10.1 Å². The molecule has 2 heterocycles. The van der Waals surface area contributed by atoms with Crippen molar-refractivity contribution in [2.45, 2.75) is 13.8 Å². The summed E-state index contributed by atoms with van der Waals surface area (Å²) < 4.78 is 1.61. The number of aryl methyl sites for hydroxylation is 2. The summed E-state index contributed by atoms with van der Waals surface area (Å²) in [5.41, 5.74) is 1.24. The summed E-state index contributed by atoms with van der Waals surface area (Å²) in [6.07, 6.45) is 0. The third-order valence-electron chi connectivity index (χ3n) is 3.07. The van der Waals surface area contributed by atoms with Gasteiger partial charge >= 0.3 is 0 Å². The number of nitrogens with zero attached hydrogens (tertiary/aromatic N) is 5. The second-order valence-electron chi connectivity index (χ2n) is 4.47. The van der Waals surface area contributed by atoms with Crippen molar-refractivity contribution in [3.8, 4) is 5.69 Å². The fourth-order valence-corrected chi connectivity index (χ4v) is 2.55. The maximum atomic E-state index is 11.2. The summed E-state index contributed by atoms with van der Waals surface area (Å²) in [6, 6.07) is 6.40. The average molecular weight is 304 g/mol. The summed E-state index contributed by atoms with van der Waals surface area (Å²) in [7, 11) is 0. The van der Waals surface area contributed by atoms with E-state index < -0.39 is 4.92 Å². The van der Waals surface area contributed by atoms with Gasteiger partial charge in [-0.25, -0.2) is 15.0 Å². The minimum absolute atomic E-state index is 0.0310. The fraction of sp³-hybridized carbons (Fsp3) is 0.154. The number of benzene rings is 1. The van der Waals surface area contributed by atoms with Crippen molar-refractivity contribution in [2.75, 3.05) is 0 Å². The van der Waals surface area contributed by atoms with E-state index in [1.165, 1.54) is 6.07 Å². The Balaban J connectivity index is 2.41. The van der Waals surface area contributed by atoms with Crippen molar-refractivity contribution >= 4 is 28.5 Å². The van der Waals surface area contributed by atoms with E-state index in [1.807, 2.05) is 0 Å². The quantitative estimate of drug-likeness (QED) is 0.412. The van der Waals surface area contributed by atoms with E-state index in [0.717, 1.165) is 0 Å². The second kappa shape index (κ2) is 4.78. The van der Waals surface area contributed by atoms with Crippen LogP contribution in [-0.4, -0.2) is 24.4 Å². The number of hydrogen-bond donors (Lipinski definition) is 0. The average Bonchev–Trinajstić information content (AvgIpc) is 2.74. The number of imidazole rings is 1. The van der Waals surface area contributed by atoms with Gasteiger partial charge in [0.25, 0.3) is 5.69 Å². The van der Waals surface area contributed by atoms with Crippen LogP contribution in [0.3, 0.4) is 0 Å². The molecule has 0 spiro atoms. The van der Waals surface area contributed by atoms with Crippen molar-refractivity contribution in [1.29, 1.82) is 0 Å². The number of nitro groups is 1. The van der Waals surface area contributed by atoms with Gasteiger partial charge in [0.15, 0.2) is 10.8 Å². The molecular weight excluding hydrogens is 294 g/mol. The molecule has 3 rings (SSSR count). The maximum absolute atomic E-state index is 11.2. The second-order valence-corrected chi connectivity index (χ2v) is 4.83. The third kappa shape index (κ3) is 2.11. The van der Waals surface area contributed by atoms with Crippen LogP contribution in [0.2, 0.25) is 5.15 Å². The van der Waals surface area contributed by atoms with Crippen LogP contribution >= 0.6 is 11.6 Å². The first kappa shape index (κ1) is 13.4. The van der Waals surface area contributed by atoms with Crippen molar-refractivity contribution in [3.63, 3.8) is 0 Å². The lowest BCUT2D eigenvalue weighted by molar-refractivity contribution is -0.384. The molecular formula is C13H10ClN5O2. The first-order valence-electron chi connectivity index (χ1n) is 6.12. The topological polar surface area (TPSA) is 86.7 Å². The molecule has 0 aliphatic heterocycles. The lowest BCUT2D eigenvalue weighted by atomic mass is 10.2. The first-order chi connectivity index (χ1) is 9.99. The maximum Gasteiger partial charge on any atom is 0.293 e. The molecule has 0 unspecified atom stereocenters. The molecule has 7 nitrogen and oxygen atoms in total. The zero-order chi connectivity index (χ0) is 15.1. The third-order valence-corrected chi connectivity index (χ3v) is 3.33. The Kier molecular flexibility index (Phi) is 3.06. The molecule has 0 saturated heterocycles. The van der Waals surface area contributed by atoms with Gasteiger partial charge in [0.1, 0.15) is 22.9 Å². The number of rotatable bonds is 2. The number of aromatic nitrogens is 4. The van der Waals surface area contributed by atoms with Crippen LogP contribution in [0.15, 0.2) is 24.3 Å². The van der Waals surface area contributed by atoms with E-state index in [-0.39, 0.29) is 10.8 Å². The molecule has 8 heteroatoms. The number of fused-ring (bicyclic) bond motifs is 1. The Bertz CT molecular complexity index is 874. The number of nitro benzene ring substituents is 1. The molecule has 0 saturated carbocycles. The highest BCUT2D eigenvalue weighted by molar-refractivity contribution is 6.33. The standard InChI is InChI=1S/C13H10ClN5O2/c1-7-15-12(14)11-13(16-7)17-8(2)18(11)9-5-3-4-6-10(9)19(20)21/h3-6H,1-2H3. The lowest BCUT2D eigenvalue weighted by Gasteiger charge is -2.08. The molecule has 1 aromatic carbocycles. The van der Waals surface area contributed by atoms with Crippen molar-refractivity contribution in [2.24, 2.45) is 0 Å². The van der Waals surface area contributed by atoms with Crippen molar-refractivity contribution in [3.05, 3.63) is 51.2 Å². The van der Waals surface area contributed by atoms with Gasteiger partial charge in [0, 0.05) is 6.07 Å². The Hall–Kier alpha value is -2.54. The Morgan fingerprint density at radius 3 is 2.62 bits per heavy atom. The predicted molar refractivity (Wildman–Crippen MR) is 77.8 cm³/mol. The minimum atomic E-state index is -0.441. The molecule has 0 radical (unpaired) electrons. The van der Waals surface area contributed by atoms with Crippen LogP contribution in [0.25, 0.3) is 16.9 Å². The fourth-order valence-electron chi connectivity index (χ4n) is 2.26. The Morgan fingerprint density at radius 1 is 1.19 bits per heavy atom. The smallest absolute Gasteiger partial charge is 0.286 e. The largest absolute Gasteiger partial charge is 0.293 e. The number of para-hydroxylation sites is 2. The Morgan fingerprint density at radius 2 is 1.90 bits per heavy atom. The van der Waals surface area contributed by atoms with Crippen LogP contribution in [0, 0.1) is 24.0 Å². The van der Waals surface area contributed by atoms with Gasteiger partial charge in [-0.2, -0.15) is 0 Å². The molecule has 3 aromatic rings. The van der Waals surface area contributed by atoms with E-state index in [2.05, 4.69) is 15.0 Å². The minimum Gasteiger partial charge on any atom is -0.286 e. The van der Waals surface area contributed by atoms with E-state index in [1.54, 1.807) is 36.6 Å². The summed E-state index contributed by atoms with van der Waals surface area (Å²) in [4.78, 5) is 23.4. The molecule has 0 amide bonds. The van der Waals surface area contributed by atoms with E-state index >= 15 is 0 Å². The van der Waals surface area contributed by atoms with E-state index in [0.29, 0.717) is 28.5 Å². The zero-order valence-electron chi connectivity index (χ0n) is 11.2. The molecule has 2 aromatic heterocycles. The van der Waals surface area contributed by atoms with Crippen LogP contribution in [0.1, 0.15) is 11.6 Å². The normalized spacial score (nSPS) is 11.0. The molecule has 21 heavy (non-hydrogen) atoms. The number of halogens is 1. The van der Waals surface area contributed by atoms with Gasteiger partial charge in [-0.3, -0.25) is 14.7 Å². The predicted octanol–water partition coefficient (Wildman–Crippen LogP) is 2.99. The summed E-state index contributed by atoms with van der Waals surface area (Å²) in [6.45, 7) is 3.45. The Labute approximate surface area is 124 Å². The highest BCUT2D eigenvalue weighted by atomic mass is 35.5. The molecule has 0 aliphatic carbocycles. The molecule has 0 fully saturated rings. The summed E-state index contributed by atoms with van der Waals surface area (Å²) >= 11 is 6.18. The zero-order valence-corrected chi connectivity index (χ0v) is 12.0. The molecule has 0 bridgehead atoms. The van der Waals surface area contributed by atoms with Gasteiger partial charge in [-0.05, 0) is 19.9 Å².